The van der Waals surface area contributed by atoms with Crippen LogP contribution in [0.15, 0.2) is 24.3 Å². The average molecular weight is 256 g/mol. The zero-order valence-corrected chi connectivity index (χ0v) is 10.9. The summed E-state index contributed by atoms with van der Waals surface area (Å²) in [5.74, 6) is -0.292. The number of aryl methyl sites for hydroxylation is 1. The van der Waals surface area contributed by atoms with Gasteiger partial charge in [0, 0.05) is 18.5 Å². The van der Waals surface area contributed by atoms with Crippen LogP contribution in [0, 0.1) is 6.92 Å². The molecule has 2 heterocycles. The average Bonchev–Trinajstić information content (AvgIpc) is 2.90. The number of hydrogen-bond donors (Lipinski definition) is 1. The summed E-state index contributed by atoms with van der Waals surface area (Å²) >= 11 is 0. The van der Waals surface area contributed by atoms with Crippen molar-refractivity contribution in [3.8, 4) is 0 Å². The Morgan fingerprint density at radius 2 is 2.00 bits per heavy atom. The highest BCUT2D eigenvalue weighted by Gasteiger charge is 2.21. The van der Waals surface area contributed by atoms with Gasteiger partial charge in [0.2, 0.25) is 0 Å². The molecule has 0 radical (unpaired) electrons. The van der Waals surface area contributed by atoms with Gasteiger partial charge < -0.3 is 10.0 Å². The molecule has 1 N–H and O–H groups in total. The van der Waals surface area contributed by atoms with E-state index in [9.17, 15) is 9.90 Å². The molecule has 4 heteroatoms. The predicted molar refractivity (Wildman–Crippen MR) is 74.9 cm³/mol. The number of carboxylic acids is 1. The molecule has 1 fully saturated rings. The summed E-state index contributed by atoms with van der Waals surface area (Å²) in [6.45, 7) is 3.78. The van der Waals surface area contributed by atoms with Crippen LogP contribution in [-0.4, -0.2) is 29.1 Å². The summed E-state index contributed by atoms with van der Waals surface area (Å²) in [4.78, 5) is 18.1. The lowest BCUT2D eigenvalue weighted by molar-refractivity contribution is 0.0697. The fraction of sp³-hybridized carbons (Fsp3) is 0.333. The molecule has 1 aliphatic heterocycles. The Labute approximate surface area is 111 Å². The van der Waals surface area contributed by atoms with Gasteiger partial charge in [-0.25, -0.2) is 9.78 Å². The third-order valence-electron chi connectivity index (χ3n) is 3.59. The van der Waals surface area contributed by atoms with E-state index in [0.717, 1.165) is 42.4 Å². The van der Waals surface area contributed by atoms with E-state index in [-0.39, 0.29) is 0 Å². The Balaban J connectivity index is 2.20. The SMILES string of the molecule is Cc1ccc2nc(N3CCCC3)c(C(=O)O)cc2c1. The Morgan fingerprint density at radius 1 is 1.26 bits per heavy atom. The topological polar surface area (TPSA) is 53.4 Å². The third-order valence-corrected chi connectivity index (χ3v) is 3.59. The van der Waals surface area contributed by atoms with Crippen molar-refractivity contribution in [3.05, 3.63) is 35.4 Å². The third kappa shape index (κ3) is 2.14. The molecule has 1 aromatic carbocycles. The second-order valence-electron chi connectivity index (χ2n) is 5.06. The number of hydrogen-bond acceptors (Lipinski definition) is 3. The van der Waals surface area contributed by atoms with Crippen LogP contribution in [0.2, 0.25) is 0 Å². The number of benzene rings is 1. The maximum atomic E-state index is 11.4. The molecule has 4 nitrogen and oxygen atoms in total. The van der Waals surface area contributed by atoms with Crippen molar-refractivity contribution in [2.75, 3.05) is 18.0 Å². The smallest absolute Gasteiger partial charge is 0.339 e. The zero-order valence-electron chi connectivity index (χ0n) is 10.9. The molecule has 0 unspecified atom stereocenters. The molecule has 1 aromatic heterocycles. The number of carboxylic acid groups (broad SMARTS) is 1. The number of aromatic carboxylic acids is 1. The minimum Gasteiger partial charge on any atom is -0.478 e. The lowest BCUT2D eigenvalue weighted by atomic mass is 10.1. The second-order valence-corrected chi connectivity index (χ2v) is 5.06. The predicted octanol–water partition coefficient (Wildman–Crippen LogP) is 2.84. The number of aromatic nitrogens is 1. The molecular formula is C15H16N2O2. The minimum absolute atomic E-state index is 0.306. The van der Waals surface area contributed by atoms with Gasteiger partial charge in [-0.1, -0.05) is 11.6 Å². The Morgan fingerprint density at radius 3 is 2.68 bits per heavy atom. The number of fused-ring (bicyclic) bond motifs is 1. The normalized spacial score (nSPS) is 15.1. The second kappa shape index (κ2) is 4.53. The molecule has 98 valence electrons. The zero-order chi connectivity index (χ0) is 13.4. The molecule has 2 aromatic rings. The number of carbonyl (C=O) groups is 1. The van der Waals surface area contributed by atoms with Crippen LogP contribution in [0.25, 0.3) is 10.9 Å². The lowest BCUT2D eigenvalue weighted by Crippen LogP contribution is -2.22. The van der Waals surface area contributed by atoms with Crippen LogP contribution >= 0.6 is 0 Å². The maximum Gasteiger partial charge on any atom is 0.339 e. The first-order chi connectivity index (χ1) is 9.15. The van der Waals surface area contributed by atoms with Crippen LogP contribution in [0.3, 0.4) is 0 Å². The quantitative estimate of drug-likeness (QED) is 0.897. The van der Waals surface area contributed by atoms with Gasteiger partial charge in [0.15, 0.2) is 0 Å². The number of nitrogens with zero attached hydrogens (tertiary/aromatic N) is 2. The Bertz CT molecular complexity index is 646. The first-order valence-corrected chi connectivity index (χ1v) is 6.55. The molecular weight excluding hydrogens is 240 g/mol. The van der Waals surface area contributed by atoms with Gasteiger partial charge in [0.25, 0.3) is 0 Å². The summed E-state index contributed by atoms with van der Waals surface area (Å²) in [6.07, 6.45) is 2.21. The molecule has 0 aliphatic carbocycles. The highest BCUT2D eigenvalue weighted by Crippen LogP contribution is 2.27. The van der Waals surface area contributed by atoms with E-state index in [1.165, 1.54) is 0 Å². The van der Waals surface area contributed by atoms with Gasteiger partial charge in [0.05, 0.1) is 5.52 Å². The molecule has 0 bridgehead atoms. The van der Waals surface area contributed by atoms with Crippen LogP contribution in [0.5, 0.6) is 0 Å². The molecule has 0 spiro atoms. The van der Waals surface area contributed by atoms with Gasteiger partial charge in [-0.2, -0.15) is 0 Å². The Kier molecular flexibility index (Phi) is 2.85. The van der Waals surface area contributed by atoms with E-state index in [0.29, 0.717) is 11.4 Å². The summed E-state index contributed by atoms with van der Waals surface area (Å²) in [7, 11) is 0. The fourth-order valence-corrected chi connectivity index (χ4v) is 2.61. The first-order valence-electron chi connectivity index (χ1n) is 6.55. The van der Waals surface area contributed by atoms with Crippen molar-refractivity contribution >= 4 is 22.7 Å². The van der Waals surface area contributed by atoms with Crippen LogP contribution in [0.1, 0.15) is 28.8 Å². The van der Waals surface area contributed by atoms with Crippen molar-refractivity contribution in [2.45, 2.75) is 19.8 Å². The van der Waals surface area contributed by atoms with E-state index in [2.05, 4.69) is 9.88 Å². The molecule has 0 amide bonds. The number of pyridine rings is 1. The van der Waals surface area contributed by atoms with Crippen molar-refractivity contribution in [1.82, 2.24) is 4.98 Å². The molecule has 1 aliphatic rings. The molecule has 19 heavy (non-hydrogen) atoms. The van der Waals surface area contributed by atoms with Gasteiger partial charge in [-0.3, -0.25) is 0 Å². The molecule has 1 saturated heterocycles. The first kappa shape index (κ1) is 12.0. The van der Waals surface area contributed by atoms with Crippen molar-refractivity contribution in [1.29, 1.82) is 0 Å². The van der Waals surface area contributed by atoms with Gasteiger partial charge >= 0.3 is 5.97 Å². The van der Waals surface area contributed by atoms with Gasteiger partial charge in [-0.05, 0) is 38.0 Å². The Hall–Kier alpha value is -2.10. The molecule has 0 saturated carbocycles. The lowest BCUT2D eigenvalue weighted by Gasteiger charge is -2.19. The van der Waals surface area contributed by atoms with E-state index < -0.39 is 5.97 Å². The largest absolute Gasteiger partial charge is 0.478 e. The van der Waals surface area contributed by atoms with Gasteiger partial charge in [-0.15, -0.1) is 0 Å². The summed E-state index contributed by atoms with van der Waals surface area (Å²) in [6, 6.07) is 7.67. The van der Waals surface area contributed by atoms with E-state index in [1.807, 2.05) is 25.1 Å². The van der Waals surface area contributed by atoms with E-state index >= 15 is 0 Å². The summed E-state index contributed by atoms with van der Waals surface area (Å²) < 4.78 is 0. The maximum absolute atomic E-state index is 11.4. The molecule has 3 rings (SSSR count). The van der Waals surface area contributed by atoms with Crippen LogP contribution in [0.4, 0.5) is 5.82 Å². The minimum atomic E-state index is -0.905. The van der Waals surface area contributed by atoms with E-state index in [1.54, 1.807) is 6.07 Å². The van der Waals surface area contributed by atoms with Crippen molar-refractivity contribution < 1.29 is 9.90 Å². The van der Waals surface area contributed by atoms with Crippen molar-refractivity contribution in [2.24, 2.45) is 0 Å². The summed E-state index contributed by atoms with van der Waals surface area (Å²) in [5, 5.41) is 10.3. The molecule has 0 atom stereocenters. The number of rotatable bonds is 2. The standard InChI is InChI=1S/C15H16N2O2/c1-10-4-5-13-11(8-10)9-12(15(18)19)14(16-13)17-6-2-3-7-17/h4-5,8-9H,2-3,6-7H2,1H3,(H,18,19). The van der Waals surface area contributed by atoms with Crippen LogP contribution in [-0.2, 0) is 0 Å². The highest BCUT2D eigenvalue weighted by atomic mass is 16.4. The number of anilines is 1. The van der Waals surface area contributed by atoms with Crippen LogP contribution < -0.4 is 4.90 Å². The summed E-state index contributed by atoms with van der Waals surface area (Å²) in [5.41, 5.74) is 2.28. The highest BCUT2D eigenvalue weighted by molar-refractivity contribution is 5.98. The monoisotopic (exact) mass is 256 g/mol. The van der Waals surface area contributed by atoms with Gasteiger partial charge in [0.1, 0.15) is 11.4 Å². The fourth-order valence-electron chi connectivity index (χ4n) is 2.61. The van der Waals surface area contributed by atoms with E-state index in [4.69, 9.17) is 0 Å². The van der Waals surface area contributed by atoms with Crippen molar-refractivity contribution in [3.63, 3.8) is 0 Å².